The van der Waals surface area contributed by atoms with Gasteiger partial charge >= 0.3 is 0 Å². The normalized spacial score (nSPS) is 19.9. The van der Waals surface area contributed by atoms with E-state index in [0.29, 0.717) is 6.04 Å². The molecule has 0 radical (unpaired) electrons. The Labute approximate surface area is 104 Å². The van der Waals surface area contributed by atoms with Crippen LogP contribution in [0.1, 0.15) is 39.5 Å². The molecule has 0 aliphatic heterocycles. The van der Waals surface area contributed by atoms with Crippen LogP contribution in [0.3, 0.4) is 0 Å². The fourth-order valence-corrected chi connectivity index (χ4v) is 2.46. The van der Waals surface area contributed by atoms with Gasteiger partial charge < -0.3 is 10.2 Å². The van der Waals surface area contributed by atoms with Gasteiger partial charge in [-0.15, -0.1) is 0 Å². The molecule has 1 saturated carbocycles. The van der Waals surface area contributed by atoms with Crippen molar-refractivity contribution in [2.75, 3.05) is 26.7 Å². The molecule has 1 aliphatic carbocycles. The minimum atomic E-state index is -2.23. The molecule has 0 bridgehead atoms. The standard InChI is InChI=1S/C13H26F2N2/c1-4-7-13(2,9-16-11-5-6-11)10-17(3)8-12(14)15/h11-12,16H,4-10H2,1-3H3. The second-order valence-corrected chi connectivity index (χ2v) is 5.80. The molecule has 1 aliphatic rings. The zero-order valence-corrected chi connectivity index (χ0v) is 11.3. The number of nitrogens with zero attached hydrogens (tertiary/aromatic N) is 1. The minimum absolute atomic E-state index is 0.112. The SMILES string of the molecule is CCCC(C)(CNC1CC1)CN(C)CC(F)F. The van der Waals surface area contributed by atoms with Gasteiger partial charge in [-0.1, -0.05) is 20.3 Å². The fourth-order valence-electron chi connectivity index (χ4n) is 2.46. The molecule has 1 atom stereocenters. The van der Waals surface area contributed by atoms with Crippen LogP contribution in [0.25, 0.3) is 0 Å². The highest BCUT2D eigenvalue weighted by Crippen LogP contribution is 2.26. The van der Waals surface area contributed by atoms with Crippen molar-refractivity contribution in [1.82, 2.24) is 10.2 Å². The van der Waals surface area contributed by atoms with Gasteiger partial charge in [-0.05, 0) is 31.7 Å². The number of halogens is 2. The summed E-state index contributed by atoms with van der Waals surface area (Å²) in [5.74, 6) is 0. The molecule has 102 valence electrons. The van der Waals surface area contributed by atoms with Gasteiger partial charge in [-0.2, -0.15) is 0 Å². The number of nitrogens with one attached hydrogen (secondary N) is 1. The first kappa shape index (κ1) is 14.8. The number of hydrogen-bond acceptors (Lipinski definition) is 2. The Kier molecular flexibility index (Phi) is 5.80. The van der Waals surface area contributed by atoms with Crippen LogP contribution in [-0.4, -0.2) is 44.0 Å². The van der Waals surface area contributed by atoms with Crippen molar-refractivity contribution in [3.05, 3.63) is 0 Å². The third kappa shape index (κ3) is 6.32. The molecule has 0 aromatic rings. The van der Waals surface area contributed by atoms with Crippen LogP contribution in [0, 0.1) is 5.41 Å². The molecule has 0 amide bonds. The van der Waals surface area contributed by atoms with Crippen LogP contribution in [-0.2, 0) is 0 Å². The average molecular weight is 248 g/mol. The Hall–Kier alpha value is -0.220. The Morgan fingerprint density at radius 1 is 1.41 bits per heavy atom. The molecular formula is C13H26F2N2. The summed E-state index contributed by atoms with van der Waals surface area (Å²) in [6.07, 6.45) is 2.50. The molecule has 1 rings (SSSR count). The lowest BCUT2D eigenvalue weighted by molar-refractivity contribution is 0.0759. The van der Waals surface area contributed by atoms with E-state index in [2.05, 4.69) is 19.2 Å². The van der Waals surface area contributed by atoms with Crippen molar-refractivity contribution < 1.29 is 8.78 Å². The van der Waals surface area contributed by atoms with Crippen molar-refractivity contribution in [2.24, 2.45) is 5.41 Å². The van der Waals surface area contributed by atoms with Gasteiger partial charge in [0.05, 0.1) is 6.54 Å². The topological polar surface area (TPSA) is 15.3 Å². The summed E-state index contributed by atoms with van der Waals surface area (Å²) in [6.45, 7) is 5.92. The summed E-state index contributed by atoms with van der Waals surface area (Å²) < 4.78 is 24.6. The van der Waals surface area contributed by atoms with E-state index in [9.17, 15) is 8.78 Å². The summed E-state index contributed by atoms with van der Waals surface area (Å²) in [7, 11) is 1.79. The molecule has 0 spiro atoms. The maximum atomic E-state index is 12.3. The number of alkyl halides is 2. The lowest BCUT2D eigenvalue weighted by Crippen LogP contribution is -2.42. The lowest BCUT2D eigenvalue weighted by atomic mass is 9.85. The summed E-state index contributed by atoms with van der Waals surface area (Å²) >= 11 is 0. The minimum Gasteiger partial charge on any atom is -0.313 e. The highest BCUT2D eigenvalue weighted by atomic mass is 19.3. The largest absolute Gasteiger partial charge is 0.313 e. The van der Waals surface area contributed by atoms with E-state index in [0.717, 1.165) is 25.9 Å². The molecular weight excluding hydrogens is 222 g/mol. The maximum absolute atomic E-state index is 12.3. The second-order valence-electron chi connectivity index (χ2n) is 5.80. The summed E-state index contributed by atoms with van der Waals surface area (Å²) in [4.78, 5) is 1.76. The van der Waals surface area contributed by atoms with E-state index < -0.39 is 6.43 Å². The van der Waals surface area contributed by atoms with E-state index >= 15 is 0 Å². The molecule has 4 heteroatoms. The van der Waals surface area contributed by atoms with E-state index in [1.54, 1.807) is 11.9 Å². The van der Waals surface area contributed by atoms with Crippen molar-refractivity contribution >= 4 is 0 Å². The maximum Gasteiger partial charge on any atom is 0.251 e. The molecule has 17 heavy (non-hydrogen) atoms. The molecule has 1 unspecified atom stereocenters. The molecule has 1 N–H and O–H groups in total. The lowest BCUT2D eigenvalue weighted by Gasteiger charge is -2.34. The Bertz CT molecular complexity index is 219. The first-order valence-electron chi connectivity index (χ1n) is 6.65. The van der Waals surface area contributed by atoms with Crippen LogP contribution >= 0.6 is 0 Å². The van der Waals surface area contributed by atoms with Crippen molar-refractivity contribution in [3.8, 4) is 0 Å². The fraction of sp³-hybridized carbons (Fsp3) is 1.00. The zero-order chi connectivity index (χ0) is 12.9. The first-order valence-corrected chi connectivity index (χ1v) is 6.65. The molecule has 2 nitrogen and oxygen atoms in total. The Balaban J connectivity index is 2.37. The smallest absolute Gasteiger partial charge is 0.251 e. The second kappa shape index (κ2) is 6.64. The Morgan fingerprint density at radius 3 is 2.53 bits per heavy atom. The quantitative estimate of drug-likeness (QED) is 0.675. The van der Waals surface area contributed by atoms with Crippen LogP contribution < -0.4 is 5.32 Å². The molecule has 0 aromatic carbocycles. The molecule has 0 aromatic heterocycles. The highest BCUT2D eigenvalue weighted by molar-refractivity contribution is 4.86. The highest BCUT2D eigenvalue weighted by Gasteiger charge is 2.29. The van der Waals surface area contributed by atoms with E-state index in [4.69, 9.17) is 0 Å². The van der Waals surface area contributed by atoms with Crippen LogP contribution in [0.15, 0.2) is 0 Å². The number of hydrogen-bond donors (Lipinski definition) is 1. The van der Waals surface area contributed by atoms with Crippen molar-refractivity contribution in [2.45, 2.75) is 52.0 Å². The van der Waals surface area contributed by atoms with E-state index in [1.165, 1.54) is 12.8 Å². The predicted molar refractivity (Wildman–Crippen MR) is 67.5 cm³/mol. The predicted octanol–water partition coefficient (Wildman–Crippen LogP) is 2.74. The van der Waals surface area contributed by atoms with Crippen molar-refractivity contribution in [1.29, 1.82) is 0 Å². The molecule has 0 saturated heterocycles. The Morgan fingerprint density at radius 2 is 2.06 bits per heavy atom. The zero-order valence-electron chi connectivity index (χ0n) is 11.3. The summed E-state index contributed by atoms with van der Waals surface area (Å²) in [5, 5.41) is 3.53. The van der Waals surface area contributed by atoms with Gasteiger partial charge in [0.15, 0.2) is 0 Å². The average Bonchev–Trinajstić information content (AvgIpc) is 2.96. The van der Waals surface area contributed by atoms with Gasteiger partial charge in [0.25, 0.3) is 6.43 Å². The third-order valence-electron chi connectivity index (χ3n) is 3.35. The van der Waals surface area contributed by atoms with E-state index in [1.807, 2.05) is 0 Å². The summed E-state index contributed by atoms with van der Waals surface area (Å²) in [5.41, 5.74) is 0.112. The van der Waals surface area contributed by atoms with Gasteiger partial charge in [0, 0.05) is 19.1 Å². The summed E-state index contributed by atoms with van der Waals surface area (Å²) in [6, 6.07) is 0.687. The van der Waals surface area contributed by atoms with Crippen molar-refractivity contribution in [3.63, 3.8) is 0 Å². The van der Waals surface area contributed by atoms with Crippen LogP contribution in [0.4, 0.5) is 8.78 Å². The molecule has 0 heterocycles. The van der Waals surface area contributed by atoms with Crippen LogP contribution in [0.5, 0.6) is 0 Å². The van der Waals surface area contributed by atoms with E-state index in [-0.39, 0.29) is 12.0 Å². The first-order chi connectivity index (χ1) is 7.95. The number of rotatable bonds is 9. The van der Waals surface area contributed by atoms with Crippen LogP contribution in [0.2, 0.25) is 0 Å². The van der Waals surface area contributed by atoms with Gasteiger partial charge in [0.1, 0.15) is 0 Å². The molecule has 1 fully saturated rings. The monoisotopic (exact) mass is 248 g/mol. The van der Waals surface area contributed by atoms with Gasteiger partial charge in [0.2, 0.25) is 0 Å². The van der Waals surface area contributed by atoms with Gasteiger partial charge in [-0.3, -0.25) is 0 Å². The van der Waals surface area contributed by atoms with Gasteiger partial charge in [-0.25, -0.2) is 8.78 Å². The third-order valence-corrected chi connectivity index (χ3v) is 3.35.